The molecule has 0 atom stereocenters. The molecule has 1 aliphatic rings. The van der Waals surface area contributed by atoms with E-state index in [1.54, 1.807) is 12.1 Å². The van der Waals surface area contributed by atoms with Crippen LogP contribution in [0.2, 0.25) is 0 Å². The van der Waals surface area contributed by atoms with Gasteiger partial charge in [-0.15, -0.1) is 0 Å². The molecule has 30 heavy (non-hydrogen) atoms. The van der Waals surface area contributed by atoms with Crippen molar-refractivity contribution in [3.8, 4) is 0 Å². The molecule has 0 unspecified atom stereocenters. The summed E-state index contributed by atoms with van der Waals surface area (Å²) in [6, 6.07) is 27.7. The fourth-order valence-corrected chi connectivity index (χ4v) is 7.28. The summed E-state index contributed by atoms with van der Waals surface area (Å²) in [4.78, 5) is 0.312. The van der Waals surface area contributed by atoms with Gasteiger partial charge >= 0.3 is 0 Å². The van der Waals surface area contributed by atoms with Gasteiger partial charge in [0.15, 0.2) is 0 Å². The van der Waals surface area contributed by atoms with Gasteiger partial charge in [-0.05, 0) is 43.3 Å². The predicted octanol–water partition coefficient (Wildman–Crippen LogP) is 4.61. The summed E-state index contributed by atoms with van der Waals surface area (Å²) in [6.07, 6.45) is 0.740. The molecule has 0 spiro atoms. The van der Waals surface area contributed by atoms with E-state index in [0.29, 0.717) is 11.4 Å². The molecule has 5 nitrogen and oxygen atoms in total. The largest absolute Gasteiger partial charge is 0.332 e. The number of aryl methyl sites for hydroxylation is 1. The van der Waals surface area contributed by atoms with Crippen LogP contribution in [-0.2, 0) is 10.0 Å². The van der Waals surface area contributed by atoms with Gasteiger partial charge in [-0.2, -0.15) is 0 Å². The molecule has 1 N–H and O–H groups in total. The lowest BCUT2D eigenvalue weighted by atomic mass is 10.2. The topological polar surface area (TPSA) is 52.7 Å². The maximum atomic E-state index is 12.7. The van der Waals surface area contributed by atoms with Crippen LogP contribution in [0, 0.1) is 6.92 Å². The first kappa shape index (κ1) is 20.9. The Bertz CT molecular complexity index is 1010. The minimum absolute atomic E-state index is 0.312. The zero-order chi connectivity index (χ0) is 21.0. The molecule has 1 fully saturated rings. The summed E-state index contributed by atoms with van der Waals surface area (Å²) in [6.45, 7) is 4.20. The van der Waals surface area contributed by atoms with E-state index >= 15 is 0 Å². The fourth-order valence-electron chi connectivity index (χ4n) is 3.60. The van der Waals surface area contributed by atoms with E-state index in [9.17, 15) is 8.42 Å². The van der Waals surface area contributed by atoms with Gasteiger partial charge in [0.05, 0.1) is 13.1 Å². The summed E-state index contributed by atoms with van der Waals surface area (Å²) >= 11 is 0. The fraction of sp³-hybridized carbons (Fsp3) is 0.217. The average Bonchev–Trinajstić information content (AvgIpc) is 3.19. The molecule has 3 aromatic carbocycles. The van der Waals surface area contributed by atoms with Gasteiger partial charge in [-0.1, -0.05) is 54.1 Å². The van der Waals surface area contributed by atoms with Crippen LogP contribution in [0.15, 0.2) is 89.8 Å². The van der Waals surface area contributed by atoms with Gasteiger partial charge < -0.3 is 9.34 Å². The Morgan fingerprint density at radius 1 is 0.800 bits per heavy atom. The minimum atomic E-state index is -3.51. The van der Waals surface area contributed by atoms with E-state index in [4.69, 9.17) is 0 Å². The minimum Gasteiger partial charge on any atom is -0.332 e. The molecule has 0 aromatic heterocycles. The third kappa shape index (κ3) is 4.67. The number of rotatable bonds is 7. The van der Waals surface area contributed by atoms with E-state index in [2.05, 4.69) is 38.3 Å². The van der Waals surface area contributed by atoms with Crippen LogP contribution in [-0.4, -0.2) is 34.2 Å². The van der Waals surface area contributed by atoms with Gasteiger partial charge in [0.1, 0.15) is 0 Å². The zero-order valence-electron chi connectivity index (χ0n) is 17.0. The number of nitrogens with one attached hydrogen (secondary N) is 1. The highest BCUT2D eigenvalue weighted by Gasteiger charge is 2.32. The lowest BCUT2D eigenvalue weighted by molar-refractivity contribution is 0.584. The summed E-state index contributed by atoms with van der Waals surface area (Å²) in [7, 11) is -4.22. The van der Waals surface area contributed by atoms with Crippen LogP contribution in [0.1, 0.15) is 5.56 Å². The number of nitrogens with zero attached hydrogens (tertiary/aromatic N) is 2. The molecule has 0 radical (unpaired) electrons. The second kappa shape index (κ2) is 9.17. The van der Waals surface area contributed by atoms with E-state index in [0.717, 1.165) is 24.8 Å². The summed E-state index contributed by atoms with van der Waals surface area (Å²) in [5, 5.41) is 0. The van der Waals surface area contributed by atoms with Crippen LogP contribution >= 0.6 is 8.22 Å². The molecule has 0 bridgehead atoms. The van der Waals surface area contributed by atoms with E-state index in [1.807, 2.05) is 55.5 Å². The Hall–Kier alpha value is -2.40. The summed E-state index contributed by atoms with van der Waals surface area (Å²) in [5.41, 5.74) is 3.41. The molecule has 1 aliphatic heterocycles. The summed E-state index contributed by atoms with van der Waals surface area (Å²) in [5.74, 6) is 0. The molecule has 0 amide bonds. The van der Waals surface area contributed by atoms with E-state index in [-0.39, 0.29) is 0 Å². The van der Waals surface area contributed by atoms with Crippen molar-refractivity contribution in [2.75, 3.05) is 35.1 Å². The highest BCUT2D eigenvalue weighted by Crippen LogP contribution is 2.52. The number of anilines is 2. The molecule has 0 aliphatic carbocycles. The van der Waals surface area contributed by atoms with Crippen molar-refractivity contribution < 1.29 is 8.42 Å². The monoisotopic (exact) mass is 439 g/mol. The Morgan fingerprint density at radius 2 is 1.30 bits per heavy atom. The van der Waals surface area contributed by atoms with Crippen molar-refractivity contribution in [3.05, 3.63) is 90.5 Å². The maximum absolute atomic E-state index is 12.7. The van der Waals surface area contributed by atoms with Crippen LogP contribution in [0.25, 0.3) is 0 Å². The number of sulfonamides is 1. The van der Waals surface area contributed by atoms with E-state index < -0.39 is 18.2 Å². The smallest absolute Gasteiger partial charge is 0.240 e. The van der Waals surface area contributed by atoms with Gasteiger partial charge in [-0.3, -0.25) is 0 Å². The summed E-state index contributed by atoms with van der Waals surface area (Å²) < 4.78 is 33.0. The van der Waals surface area contributed by atoms with Crippen molar-refractivity contribution in [2.24, 2.45) is 0 Å². The SMILES string of the molecule is Cc1ccc(S(=O)(=O)NCCP2N(c3ccccc3)CCN2c2ccccc2)cc1. The van der Waals surface area contributed by atoms with Gasteiger partial charge in [0.25, 0.3) is 0 Å². The predicted molar refractivity (Wildman–Crippen MR) is 126 cm³/mol. The first-order valence-corrected chi connectivity index (χ1v) is 12.9. The van der Waals surface area contributed by atoms with Crippen molar-refractivity contribution in [2.45, 2.75) is 11.8 Å². The standard InChI is InChI=1S/C23H26N3O2PS/c1-20-12-14-23(15-13-20)30(27,28)24-16-19-29-25(21-8-4-2-5-9-21)17-18-26(29)22-10-6-3-7-11-22/h2-15,24H,16-19H2,1H3. The highest BCUT2D eigenvalue weighted by molar-refractivity contribution is 7.89. The second-order valence-electron chi connectivity index (χ2n) is 7.22. The molecule has 3 aromatic rings. The molecular formula is C23H26N3O2PS. The Morgan fingerprint density at radius 3 is 1.80 bits per heavy atom. The van der Waals surface area contributed by atoms with Crippen molar-refractivity contribution >= 4 is 29.6 Å². The quantitative estimate of drug-likeness (QED) is 0.546. The van der Waals surface area contributed by atoms with Crippen LogP contribution in [0.5, 0.6) is 0 Å². The van der Waals surface area contributed by atoms with Gasteiger partial charge in [-0.25, -0.2) is 13.1 Å². The first-order valence-electron chi connectivity index (χ1n) is 10.0. The average molecular weight is 440 g/mol. The Labute approximate surface area is 180 Å². The van der Waals surface area contributed by atoms with Crippen molar-refractivity contribution in [1.82, 2.24) is 4.72 Å². The highest BCUT2D eigenvalue weighted by atomic mass is 32.2. The normalized spacial score (nSPS) is 15.0. The van der Waals surface area contributed by atoms with Crippen molar-refractivity contribution in [1.29, 1.82) is 0 Å². The van der Waals surface area contributed by atoms with Crippen molar-refractivity contribution in [3.63, 3.8) is 0 Å². The lowest BCUT2D eigenvalue weighted by Crippen LogP contribution is -2.29. The van der Waals surface area contributed by atoms with Gasteiger partial charge in [0, 0.05) is 37.2 Å². The Balaban J connectivity index is 1.51. The first-order chi connectivity index (χ1) is 14.5. The molecule has 7 heteroatoms. The number of benzene rings is 3. The molecule has 4 rings (SSSR count). The van der Waals surface area contributed by atoms with E-state index in [1.165, 1.54) is 11.4 Å². The number of para-hydroxylation sites is 2. The maximum Gasteiger partial charge on any atom is 0.240 e. The lowest BCUT2D eigenvalue weighted by Gasteiger charge is -2.32. The number of hydrogen-bond donors (Lipinski definition) is 1. The second-order valence-corrected chi connectivity index (χ2v) is 11.1. The molecular weight excluding hydrogens is 413 g/mol. The number of hydrogen-bond acceptors (Lipinski definition) is 4. The van der Waals surface area contributed by atoms with Gasteiger partial charge in [0.2, 0.25) is 10.0 Å². The Kier molecular flexibility index (Phi) is 6.38. The third-order valence-electron chi connectivity index (χ3n) is 5.12. The third-order valence-corrected chi connectivity index (χ3v) is 9.20. The molecule has 0 saturated carbocycles. The van der Waals surface area contributed by atoms with Crippen LogP contribution in [0.4, 0.5) is 11.4 Å². The zero-order valence-corrected chi connectivity index (χ0v) is 18.7. The molecule has 156 valence electrons. The van der Waals surface area contributed by atoms with Crippen LogP contribution in [0.3, 0.4) is 0 Å². The van der Waals surface area contributed by atoms with Crippen LogP contribution < -0.4 is 14.1 Å². The molecule has 1 saturated heterocycles. The molecule has 1 heterocycles.